The lowest BCUT2D eigenvalue weighted by atomic mass is 10.0. The van der Waals surface area contributed by atoms with Crippen molar-refractivity contribution in [2.24, 2.45) is 5.73 Å². The molecule has 14 heavy (non-hydrogen) atoms. The molecule has 78 valence electrons. The molecule has 0 aliphatic heterocycles. The van der Waals surface area contributed by atoms with Crippen LogP contribution in [0.3, 0.4) is 0 Å². The van der Waals surface area contributed by atoms with Crippen LogP contribution >= 0.6 is 0 Å². The van der Waals surface area contributed by atoms with Crippen LogP contribution < -0.4 is 5.73 Å². The van der Waals surface area contributed by atoms with E-state index in [0.29, 0.717) is 19.8 Å². The second-order valence-electron chi connectivity index (χ2n) is 3.03. The summed E-state index contributed by atoms with van der Waals surface area (Å²) >= 11 is 0. The number of nitrogens with two attached hydrogens (primary N) is 1. The van der Waals surface area contributed by atoms with Gasteiger partial charge in [0.15, 0.2) is 0 Å². The minimum Gasteiger partial charge on any atom is -0.330 e. The maximum absolute atomic E-state index is 5.65. The Hall–Kier alpha value is -0.900. The zero-order valence-corrected chi connectivity index (χ0v) is 8.48. The van der Waals surface area contributed by atoms with Crippen molar-refractivity contribution in [3.05, 3.63) is 35.9 Å². The minimum absolute atomic E-state index is 0.211. The highest BCUT2D eigenvalue weighted by molar-refractivity contribution is 5.19. The van der Waals surface area contributed by atoms with E-state index in [0.717, 1.165) is 0 Å². The molecular formula is C11H17NO2. The second kappa shape index (κ2) is 6.54. The first-order valence-electron chi connectivity index (χ1n) is 4.88. The molecule has 0 bridgehead atoms. The van der Waals surface area contributed by atoms with Crippen molar-refractivity contribution < 1.29 is 9.78 Å². The first-order chi connectivity index (χ1) is 6.88. The normalized spacial score (nSPS) is 12.7. The number of hydrogen-bond acceptors (Lipinski definition) is 3. The predicted molar refractivity (Wildman–Crippen MR) is 55.8 cm³/mol. The van der Waals surface area contributed by atoms with Gasteiger partial charge >= 0.3 is 0 Å². The van der Waals surface area contributed by atoms with Gasteiger partial charge in [-0.2, -0.15) is 0 Å². The summed E-state index contributed by atoms with van der Waals surface area (Å²) in [6.45, 7) is 3.53. The van der Waals surface area contributed by atoms with E-state index >= 15 is 0 Å². The molecule has 0 spiro atoms. The van der Waals surface area contributed by atoms with Gasteiger partial charge in [0.2, 0.25) is 0 Å². The van der Waals surface area contributed by atoms with Gasteiger partial charge in [-0.1, -0.05) is 30.3 Å². The van der Waals surface area contributed by atoms with Crippen molar-refractivity contribution >= 4 is 0 Å². The molecule has 0 radical (unpaired) electrons. The quantitative estimate of drug-likeness (QED) is 0.427. The standard InChI is InChI=1S/C11H17NO2/c1-2-13-14-9-11(8-12)10-6-4-3-5-7-10/h3-7,11H,2,8-9,12H2,1H3. The van der Waals surface area contributed by atoms with Gasteiger partial charge in [-0.05, 0) is 12.5 Å². The van der Waals surface area contributed by atoms with E-state index in [1.165, 1.54) is 5.56 Å². The molecule has 1 unspecified atom stereocenters. The molecule has 0 aromatic heterocycles. The Balaban J connectivity index is 2.46. The van der Waals surface area contributed by atoms with Crippen LogP contribution in [0.5, 0.6) is 0 Å². The molecule has 1 atom stereocenters. The second-order valence-corrected chi connectivity index (χ2v) is 3.03. The molecule has 2 N–H and O–H groups in total. The summed E-state index contributed by atoms with van der Waals surface area (Å²) in [7, 11) is 0. The van der Waals surface area contributed by atoms with Crippen molar-refractivity contribution in [3.8, 4) is 0 Å². The van der Waals surface area contributed by atoms with Gasteiger partial charge in [0.05, 0.1) is 13.2 Å². The maximum Gasteiger partial charge on any atom is 0.0902 e. The molecule has 0 saturated heterocycles. The largest absolute Gasteiger partial charge is 0.330 e. The Morgan fingerprint density at radius 3 is 2.50 bits per heavy atom. The van der Waals surface area contributed by atoms with Gasteiger partial charge in [0, 0.05) is 12.5 Å². The summed E-state index contributed by atoms with van der Waals surface area (Å²) in [6, 6.07) is 10.1. The van der Waals surface area contributed by atoms with Crippen LogP contribution in [0.1, 0.15) is 18.4 Å². The third-order valence-corrected chi connectivity index (χ3v) is 2.03. The monoisotopic (exact) mass is 195 g/mol. The lowest BCUT2D eigenvalue weighted by Gasteiger charge is -2.14. The Kier molecular flexibility index (Phi) is 5.22. The number of rotatable bonds is 6. The van der Waals surface area contributed by atoms with Gasteiger partial charge in [-0.15, -0.1) is 0 Å². The predicted octanol–water partition coefficient (Wildman–Crippen LogP) is 1.70. The van der Waals surface area contributed by atoms with E-state index in [4.69, 9.17) is 15.5 Å². The van der Waals surface area contributed by atoms with Crippen LogP contribution in [0, 0.1) is 0 Å². The van der Waals surface area contributed by atoms with Crippen molar-refractivity contribution in [2.75, 3.05) is 19.8 Å². The summed E-state index contributed by atoms with van der Waals surface area (Å²) in [5.74, 6) is 0.211. The SMILES string of the molecule is CCOOCC(CN)c1ccccc1. The molecule has 0 heterocycles. The molecule has 0 amide bonds. The van der Waals surface area contributed by atoms with Crippen molar-refractivity contribution in [1.29, 1.82) is 0 Å². The van der Waals surface area contributed by atoms with Crippen LogP contribution in [0.25, 0.3) is 0 Å². The summed E-state index contributed by atoms with van der Waals surface area (Å²) in [5.41, 5.74) is 6.84. The number of benzene rings is 1. The van der Waals surface area contributed by atoms with Crippen LogP contribution in [0.15, 0.2) is 30.3 Å². The Morgan fingerprint density at radius 2 is 1.93 bits per heavy atom. The smallest absolute Gasteiger partial charge is 0.0902 e. The zero-order valence-electron chi connectivity index (χ0n) is 8.48. The van der Waals surface area contributed by atoms with Gasteiger partial charge < -0.3 is 5.73 Å². The zero-order chi connectivity index (χ0) is 10.2. The highest BCUT2D eigenvalue weighted by Crippen LogP contribution is 2.14. The average Bonchev–Trinajstić information content (AvgIpc) is 2.26. The minimum atomic E-state index is 0.211. The fraction of sp³-hybridized carbons (Fsp3) is 0.455. The third-order valence-electron chi connectivity index (χ3n) is 2.03. The molecular weight excluding hydrogens is 178 g/mol. The summed E-state index contributed by atoms with van der Waals surface area (Å²) in [6.07, 6.45) is 0. The van der Waals surface area contributed by atoms with E-state index in [1.807, 2.05) is 37.3 Å². The molecule has 1 rings (SSSR count). The summed E-state index contributed by atoms with van der Waals surface area (Å²) in [5, 5.41) is 0. The van der Waals surface area contributed by atoms with Crippen molar-refractivity contribution in [1.82, 2.24) is 0 Å². The van der Waals surface area contributed by atoms with E-state index in [1.54, 1.807) is 0 Å². The Labute approximate surface area is 84.8 Å². The first kappa shape index (κ1) is 11.2. The van der Waals surface area contributed by atoms with E-state index in [-0.39, 0.29) is 5.92 Å². The van der Waals surface area contributed by atoms with Gasteiger partial charge in [0.1, 0.15) is 0 Å². The van der Waals surface area contributed by atoms with Crippen LogP contribution in [-0.2, 0) is 9.78 Å². The molecule has 0 fully saturated rings. The highest BCUT2D eigenvalue weighted by Gasteiger charge is 2.09. The van der Waals surface area contributed by atoms with Crippen LogP contribution in [0.2, 0.25) is 0 Å². The fourth-order valence-electron chi connectivity index (χ4n) is 1.24. The fourth-order valence-corrected chi connectivity index (χ4v) is 1.24. The van der Waals surface area contributed by atoms with Gasteiger partial charge in [-0.25, -0.2) is 9.78 Å². The van der Waals surface area contributed by atoms with E-state index in [9.17, 15) is 0 Å². The molecule has 1 aromatic rings. The maximum atomic E-state index is 5.65. The lowest BCUT2D eigenvalue weighted by Crippen LogP contribution is -2.18. The first-order valence-corrected chi connectivity index (χ1v) is 4.88. The lowest BCUT2D eigenvalue weighted by molar-refractivity contribution is -0.293. The average molecular weight is 195 g/mol. The molecule has 0 saturated carbocycles. The molecule has 0 aliphatic rings. The van der Waals surface area contributed by atoms with Crippen molar-refractivity contribution in [2.45, 2.75) is 12.8 Å². The Morgan fingerprint density at radius 1 is 1.21 bits per heavy atom. The van der Waals surface area contributed by atoms with Gasteiger partial charge in [-0.3, -0.25) is 0 Å². The molecule has 3 nitrogen and oxygen atoms in total. The molecule has 1 aromatic carbocycles. The van der Waals surface area contributed by atoms with Gasteiger partial charge in [0.25, 0.3) is 0 Å². The molecule has 3 heteroatoms. The van der Waals surface area contributed by atoms with Crippen LogP contribution in [-0.4, -0.2) is 19.8 Å². The van der Waals surface area contributed by atoms with E-state index < -0.39 is 0 Å². The topological polar surface area (TPSA) is 44.5 Å². The summed E-state index contributed by atoms with van der Waals surface area (Å²) in [4.78, 5) is 9.84. The van der Waals surface area contributed by atoms with Crippen LogP contribution in [0.4, 0.5) is 0 Å². The van der Waals surface area contributed by atoms with Crippen molar-refractivity contribution in [3.63, 3.8) is 0 Å². The number of hydrogen-bond donors (Lipinski definition) is 1. The molecule has 0 aliphatic carbocycles. The third kappa shape index (κ3) is 3.46. The summed E-state index contributed by atoms with van der Waals surface area (Å²) < 4.78 is 0. The van der Waals surface area contributed by atoms with E-state index in [2.05, 4.69) is 0 Å². The Bertz CT molecular complexity index is 238. The highest BCUT2D eigenvalue weighted by atomic mass is 17.2.